The number of pyridine rings is 1. The zero-order valence-corrected chi connectivity index (χ0v) is 12.3. The minimum absolute atomic E-state index is 0.0465. The number of hydrogen-bond acceptors (Lipinski definition) is 2. The highest BCUT2D eigenvalue weighted by molar-refractivity contribution is 6.32. The second kappa shape index (κ2) is 5.48. The first-order chi connectivity index (χ1) is 9.64. The van der Waals surface area contributed by atoms with Crippen LogP contribution in [0.2, 0.25) is 10.2 Å². The molecule has 0 radical (unpaired) electrons. The van der Waals surface area contributed by atoms with E-state index in [1.54, 1.807) is 24.3 Å². The minimum Gasteiger partial charge on any atom is -0.381 e. The Morgan fingerprint density at radius 2 is 1.62 bits per heavy atom. The van der Waals surface area contributed by atoms with Crippen LogP contribution in [0.3, 0.4) is 0 Å². The normalized spacial score (nSPS) is 14.8. The summed E-state index contributed by atoms with van der Waals surface area (Å²) in [7, 11) is 0. The molecule has 0 saturated heterocycles. The zero-order valence-electron chi connectivity index (χ0n) is 10.7. The van der Waals surface area contributed by atoms with Gasteiger partial charge in [0, 0.05) is 16.1 Å². The van der Waals surface area contributed by atoms with E-state index in [0.717, 1.165) is 12.1 Å². The van der Waals surface area contributed by atoms with Crippen molar-refractivity contribution in [3.63, 3.8) is 0 Å². The molecule has 21 heavy (non-hydrogen) atoms. The maximum Gasteiger partial charge on any atom is 0.433 e. The fraction of sp³-hybridized carbons (Fsp3) is 0.214. The molecule has 2 rings (SSSR count). The van der Waals surface area contributed by atoms with E-state index < -0.39 is 22.6 Å². The Morgan fingerprint density at radius 1 is 1.00 bits per heavy atom. The van der Waals surface area contributed by atoms with Crippen LogP contribution in [0.5, 0.6) is 0 Å². The predicted octanol–water partition coefficient (Wildman–Crippen LogP) is 4.66. The SMILES string of the molecule is CC(O)(c1ccccc1Cl)c1ccc(C(F)(F)F)nc1Cl. The molecule has 2 aromatic rings. The first kappa shape index (κ1) is 16.1. The molecule has 1 aromatic carbocycles. The number of benzene rings is 1. The molecule has 1 heterocycles. The van der Waals surface area contributed by atoms with E-state index in [1.807, 2.05) is 0 Å². The molecule has 112 valence electrons. The van der Waals surface area contributed by atoms with Crippen molar-refractivity contribution in [2.45, 2.75) is 18.7 Å². The Morgan fingerprint density at radius 3 is 2.14 bits per heavy atom. The Hall–Kier alpha value is -1.30. The van der Waals surface area contributed by atoms with E-state index >= 15 is 0 Å². The van der Waals surface area contributed by atoms with Gasteiger partial charge in [0.15, 0.2) is 0 Å². The first-order valence-electron chi connectivity index (χ1n) is 5.85. The lowest BCUT2D eigenvalue weighted by molar-refractivity contribution is -0.141. The highest BCUT2D eigenvalue weighted by atomic mass is 35.5. The second-order valence-corrected chi connectivity index (χ2v) is 5.35. The Labute approximate surface area is 129 Å². The average molecular weight is 336 g/mol. The predicted molar refractivity (Wildman–Crippen MR) is 74.4 cm³/mol. The van der Waals surface area contributed by atoms with Crippen LogP contribution in [0, 0.1) is 0 Å². The fourth-order valence-corrected chi connectivity index (χ4v) is 2.61. The van der Waals surface area contributed by atoms with E-state index in [1.165, 1.54) is 6.92 Å². The van der Waals surface area contributed by atoms with Crippen molar-refractivity contribution < 1.29 is 18.3 Å². The molecule has 0 aliphatic carbocycles. The summed E-state index contributed by atoms with van der Waals surface area (Å²) in [5.74, 6) is 0. The molecule has 7 heteroatoms. The summed E-state index contributed by atoms with van der Waals surface area (Å²) in [5, 5.41) is 10.5. The Kier molecular flexibility index (Phi) is 4.19. The lowest BCUT2D eigenvalue weighted by atomic mass is 9.89. The number of aromatic nitrogens is 1. The van der Waals surface area contributed by atoms with E-state index in [0.29, 0.717) is 5.56 Å². The lowest BCUT2D eigenvalue weighted by Crippen LogP contribution is -2.24. The van der Waals surface area contributed by atoms with Gasteiger partial charge in [-0.15, -0.1) is 0 Å². The van der Waals surface area contributed by atoms with Crippen LogP contribution in [-0.4, -0.2) is 10.1 Å². The van der Waals surface area contributed by atoms with Gasteiger partial charge in [0.1, 0.15) is 16.4 Å². The lowest BCUT2D eigenvalue weighted by Gasteiger charge is -2.26. The first-order valence-corrected chi connectivity index (χ1v) is 6.61. The van der Waals surface area contributed by atoms with Gasteiger partial charge in [-0.1, -0.05) is 47.5 Å². The summed E-state index contributed by atoms with van der Waals surface area (Å²) in [6.45, 7) is 1.39. The van der Waals surface area contributed by atoms with E-state index in [4.69, 9.17) is 23.2 Å². The molecular weight excluding hydrogens is 326 g/mol. The molecule has 0 aliphatic rings. The largest absolute Gasteiger partial charge is 0.433 e. The fourth-order valence-electron chi connectivity index (χ4n) is 1.96. The molecule has 1 unspecified atom stereocenters. The van der Waals surface area contributed by atoms with Gasteiger partial charge in [0.25, 0.3) is 0 Å². The summed E-state index contributed by atoms with van der Waals surface area (Å²) >= 11 is 11.8. The highest BCUT2D eigenvalue weighted by Crippen LogP contribution is 2.38. The molecule has 0 spiro atoms. The second-order valence-electron chi connectivity index (χ2n) is 4.58. The van der Waals surface area contributed by atoms with Crippen molar-refractivity contribution in [1.29, 1.82) is 0 Å². The summed E-state index contributed by atoms with van der Waals surface area (Å²) in [6.07, 6.45) is -4.60. The van der Waals surface area contributed by atoms with Gasteiger partial charge in [-0.25, -0.2) is 4.98 Å². The van der Waals surface area contributed by atoms with Crippen molar-refractivity contribution in [2.24, 2.45) is 0 Å². The molecule has 1 N–H and O–H groups in total. The van der Waals surface area contributed by atoms with Crippen LogP contribution in [0.1, 0.15) is 23.7 Å². The van der Waals surface area contributed by atoms with Crippen molar-refractivity contribution in [3.05, 3.63) is 63.4 Å². The quantitative estimate of drug-likeness (QED) is 0.809. The van der Waals surface area contributed by atoms with E-state index in [9.17, 15) is 18.3 Å². The van der Waals surface area contributed by atoms with Crippen LogP contribution in [0.4, 0.5) is 13.2 Å². The smallest absolute Gasteiger partial charge is 0.381 e. The zero-order chi connectivity index (χ0) is 15.8. The van der Waals surface area contributed by atoms with Crippen LogP contribution in [0.15, 0.2) is 36.4 Å². The molecule has 2 nitrogen and oxygen atoms in total. The van der Waals surface area contributed by atoms with Gasteiger partial charge < -0.3 is 5.11 Å². The molecule has 1 atom stereocenters. The number of aliphatic hydroxyl groups is 1. The Balaban J connectivity index is 2.54. The standard InChI is InChI=1S/C14H10Cl2F3NO/c1-13(21,8-4-2-3-5-10(8)15)9-6-7-11(14(17,18)19)20-12(9)16/h2-7,21H,1H3. The van der Waals surface area contributed by atoms with Crippen LogP contribution in [0.25, 0.3) is 0 Å². The molecule has 0 amide bonds. The third-order valence-corrected chi connectivity index (χ3v) is 3.68. The highest BCUT2D eigenvalue weighted by Gasteiger charge is 2.36. The van der Waals surface area contributed by atoms with Crippen LogP contribution >= 0.6 is 23.2 Å². The van der Waals surface area contributed by atoms with Gasteiger partial charge in [-0.2, -0.15) is 13.2 Å². The third kappa shape index (κ3) is 3.15. The van der Waals surface area contributed by atoms with Crippen molar-refractivity contribution >= 4 is 23.2 Å². The number of nitrogens with zero attached hydrogens (tertiary/aromatic N) is 1. The van der Waals surface area contributed by atoms with Gasteiger partial charge in [-0.05, 0) is 19.1 Å². The topological polar surface area (TPSA) is 33.1 Å². The number of hydrogen-bond donors (Lipinski definition) is 1. The molecule has 0 aliphatic heterocycles. The number of rotatable bonds is 2. The molecular formula is C14H10Cl2F3NO. The molecule has 0 fully saturated rings. The van der Waals surface area contributed by atoms with Crippen molar-refractivity contribution in [1.82, 2.24) is 4.98 Å². The van der Waals surface area contributed by atoms with E-state index in [-0.39, 0.29) is 10.6 Å². The maximum absolute atomic E-state index is 12.6. The van der Waals surface area contributed by atoms with Crippen molar-refractivity contribution in [3.8, 4) is 0 Å². The third-order valence-electron chi connectivity index (χ3n) is 3.06. The molecule has 0 bridgehead atoms. The van der Waals surface area contributed by atoms with E-state index in [2.05, 4.69) is 4.98 Å². The number of halogens is 5. The summed E-state index contributed by atoms with van der Waals surface area (Å²) in [5.41, 5.74) is -2.40. The van der Waals surface area contributed by atoms with Crippen LogP contribution < -0.4 is 0 Å². The van der Waals surface area contributed by atoms with Gasteiger partial charge in [0.2, 0.25) is 0 Å². The molecule has 0 saturated carbocycles. The summed E-state index contributed by atoms with van der Waals surface area (Å²) < 4.78 is 37.7. The van der Waals surface area contributed by atoms with Gasteiger partial charge in [-0.3, -0.25) is 0 Å². The Bertz CT molecular complexity index is 672. The average Bonchev–Trinajstić information content (AvgIpc) is 2.37. The van der Waals surface area contributed by atoms with Gasteiger partial charge in [0.05, 0.1) is 0 Å². The van der Waals surface area contributed by atoms with Crippen LogP contribution in [-0.2, 0) is 11.8 Å². The maximum atomic E-state index is 12.6. The monoisotopic (exact) mass is 335 g/mol. The van der Waals surface area contributed by atoms with Crippen molar-refractivity contribution in [2.75, 3.05) is 0 Å². The summed E-state index contributed by atoms with van der Waals surface area (Å²) in [4.78, 5) is 3.30. The number of alkyl halides is 3. The van der Waals surface area contributed by atoms with Gasteiger partial charge >= 0.3 is 6.18 Å². The summed E-state index contributed by atoms with van der Waals surface area (Å²) in [6, 6.07) is 8.33. The molecule has 1 aromatic heterocycles. The minimum atomic E-state index is -4.60.